The van der Waals surface area contributed by atoms with Gasteiger partial charge in [0.25, 0.3) is 0 Å². The third kappa shape index (κ3) is 4.54. The highest BCUT2D eigenvalue weighted by Crippen LogP contribution is 2.36. The summed E-state index contributed by atoms with van der Waals surface area (Å²) in [5.41, 5.74) is 15.6. The van der Waals surface area contributed by atoms with Gasteiger partial charge in [-0.15, -0.1) is 0 Å². The van der Waals surface area contributed by atoms with Crippen molar-refractivity contribution in [2.45, 2.75) is 20.0 Å². The lowest BCUT2D eigenvalue weighted by Crippen LogP contribution is -2.26. The van der Waals surface area contributed by atoms with E-state index in [1.807, 2.05) is 18.7 Å². The molecule has 6 N–H and O–H groups in total. The molecular weight excluding hydrogens is 297 g/mol. The number of benzene rings is 1. The average Bonchev–Trinajstić information content (AvgIpc) is 2.39. The van der Waals surface area contributed by atoms with Gasteiger partial charge in [-0.1, -0.05) is 0 Å². The molecule has 0 radical (unpaired) electrons. The van der Waals surface area contributed by atoms with Crippen molar-refractivity contribution in [3.05, 3.63) is 23.8 Å². The minimum absolute atomic E-state index is 0.0565. The smallest absolute Gasteiger partial charge is 0.370 e. The summed E-state index contributed by atoms with van der Waals surface area (Å²) in [7, 11) is 0. The molecule has 0 aliphatic heterocycles. The van der Waals surface area contributed by atoms with Crippen LogP contribution in [0.2, 0.25) is 0 Å². The lowest BCUT2D eigenvalue weighted by atomic mass is 10.1. The van der Waals surface area contributed by atoms with E-state index in [9.17, 15) is 13.2 Å². The quantitative estimate of drug-likeness (QED) is 0.581. The first-order valence-electron chi connectivity index (χ1n) is 6.59. The van der Waals surface area contributed by atoms with Crippen LogP contribution >= 0.6 is 0 Å². The maximum Gasteiger partial charge on any atom is 0.416 e. The Labute approximate surface area is 126 Å². The zero-order valence-electron chi connectivity index (χ0n) is 12.4. The van der Waals surface area contributed by atoms with Crippen LogP contribution in [0.15, 0.2) is 28.2 Å². The van der Waals surface area contributed by atoms with Gasteiger partial charge in [-0.05, 0) is 32.0 Å². The first kappa shape index (κ1) is 17.6. The van der Waals surface area contributed by atoms with Gasteiger partial charge in [-0.3, -0.25) is 0 Å². The number of rotatable bonds is 4. The van der Waals surface area contributed by atoms with E-state index in [1.54, 1.807) is 0 Å². The fourth-order valence-electron chi connectivity index (χ4n) is 1.90. The van der Waals surface area contributed by atoms with Gasteiger partial charge in [0.05, 0.1) is 16.9 Å². The summed E-state index contributed by atoms with van der Waals surface area (Å²) in [6, 6.07) is 3.28. The number of nitrogens with zero attached hydrogens (tertiary/aromatic N) is 3. The molecule has 1 rings (SSSR count). The van der Waals surface area contributed by atoms with Crippen LogP contribution in [-0.2, 0) is 6.18 Å². The number of hydrogen-bond donors (Lipinski definition) is 3. The number of aliphatic imine (C=N–C) groups is 2. The number of halogens is 3. The van der Waals surface area contributed by atoms with Gasteiger partial charge in [0.1, 0.15) is 0 Å². The number of hydrogen-bond acceptors (Lipinski definition) is 2. The van der Waals surface area contributed by atoms with Crippen LogP contribution in [0, 0.1) is 0 Å². The Kier molecular flexibility index (Phi) is 5.61. The largest absolute Gasteiger partial charge is 0.416 e. The molecule has 9 heteroatoms. The van der Waals surface area contributed by atoms with E-state index < -0.39 is 11.7 Å². The zero-order valence-corrected chi connectivity index (χ0v) is 12.4. The van der Waals surface area contributed by atoms with E-state index in [1.165, 1.54) is 6.07 Å². The molecule has 0 unspecified atom stereocenters. The molecule has 0 bridgehead atoms. The molecule has 6 nitrogen and oxygen atoms in total. The summed E-state index contributed by atoms with van der Waals surface area (Å²) in [6.07, 6.45) is -4.48. The molecular formula is C13H19F3N6. The Bertz CT molecular complexity index is 572. The highest BCUT2D eigenvalue weighted by Gasteiger charge is 2.31. The second-order valence-corrected chi connectivity index (χ2v) is 4.38. The van der Waals surface area contributed by atoms with Gasteiger partial charge in [0.2, 0.25) is 5.96 Å². The Morgan fingerprint density at radius 1 is 1.14 bits per heavy atom. The third-order valence-electron chi connectivity index (χ3n) is 2.89. The standard InChI is InChI=1S/C13H19F3N6/c1-3-22(4-2)10-6-5-8(13(14,15)16)7-9(10)20-12(19)21-11(17)18/h5-7H,3-4H2,1-2H3,(H6,17,18,19,20,21). The lowest BCUT2D eigenvalue weighted by Gasteiger charge is -2.23. The lowest BCUT2D eigenvalue weighted by molar-refractivity contribution is -0.137. The molecule has 0 aromatic heterocycles. The summed E-state index contributed by atoms with van der Waals surface area (Å²) in [5, 5.41) is 0. The summed E-state index contributed by atoms with van der Waals surface area (Å²) in [6.45, 7) is 4.97. The minimum atomic E-state index is -4.48. The molecule has 0 amide bonds. The van der Waals surface area contributed by atoms with Crippen LogP contribution < -0.4 is 22.1 Å². The van der Waals surface area contributed by atoms with Crippen LogP contribution in [0.1, 0.15) is 19.4 Å². The highest BCUT2D eigenvalue weighted by molar-refractivity contribution is 5.94. The molecule has 0 atom stereocenters. The van der Waals surface area contributed by atoms with Crippen LogP contribution in [-0.4, -0.2) is 25.0 Å². The van der Waals surface area contributed by atoms with Crippen molar-refractivity contribution >= 4 is 23.3 Å². The van der Waals surface area contributed by atoms with E-state index in [4.69, 9.17) is 17.2 Å². The van der Waals surface area contributed by atoms with E-state index in [-0.39, 0.29) is 17.6 Å². The van der Waals surface area contributed by atoms with Crippen molar-refractivity contribution in [2.24, 2.45) is 27.2 Å². The molecule has 0 saturated heterocycles. The first-order chi connectivity index (χ1) is 10.2. The fraction of sp³-hybridized carbons (Fsp3) is 0.385. The van der Waals surface area contributed by atoms with Gasteiger partial charge in [-0.25, -0.2) is 4.99 Å². The van der Waals surface area contributed by atoms with E-state index >= 15 is 0 Å². The first-order valence-corrected chi connectivity index (χ1v) is 6.59. The van der Waals surface area contributed by atoms with Crippen molar-refractivity contribution in [2.75, 3.05) is 18.0 Å². The third-order valence-corrected chi connectivity index (χ3v) is 2.89. The summed E-state index contributed by atoms with van der Waals surface area (Å²) in [5.74, 6) is -0.634. The fourth-order valence-corrected chi connectivity index (χ4v) is 1.90. The normalized spacial score (nSPS) is 12.1. The monoisotopic (exact) mass is 316 g/mol. The zero-order chi connectivity index (χ0) is 16.9. The van der Waals surface area contributed by atoms with Crippen LogP contribution in [0.3, 0.4) is 0 Å². The molecule has 0 fully saturated rings. The number of anilines is 1. The molecule has 1 aromatic carbocycles. The summed E-state index contributed by atoms with van der Waals surface area (Å²) < 4.78 is 38.6. The van der Waals surface area contributed by atoms with Gasteiger partial charge in [0.15, 0.2) is 5.96 Å². The topological polar surface area (TPSA) is 106 Å². The molecule has 0 saturated carbocycles. The van der Waals surface area contributed by atoms with E-state index in [0.717, 1.165) is 12.1 Å². The number of nitrogens with two attached hydrogens (primary N) is 3. The van der Waals surface area contributed by atoms with Crippen molar-refractivity contribution in [3.63, 3.8) is 0 Å². The minimum Gasteiger partial charge on any atom is -0.370 e. The SMILES string of the molecule is CCN(CC)c1ccc(C(F)(F)F)cc1N=C(N)N=C(N)N. The molecule has 0 aliphatic carbocycles. The Morgan fingerprint density at radius 2 is 1.73 bits per heavy atom. The molecule has 0 spiro atoms. The second kappa shape index (κ2) is 7.01. The van der Waals surface area contributed by atoms with Crippen LogP contribution in [0.4, 0.5) is 24.5 Å². The summed E-state index contributed by atoms with van der Waals surface area (Å²) >= 11 is 0. The Balaban J connectivity index is 3.43. The van der Waals surface area contributed by atoms with E-state index in [0.29, 0.717) is 18.8 Å². The molecule has 1 aromatic rings. The van der Waals surface area contributed by atoms with Gasteiger partial charge < -0.3 is 22.1 Å². The maximum atomic E-state index is 12.9. The predicted octanol–water partition coefficient (Wildman–Crippen LogP) is 1.77. The van der Waals surface area contributed by atoms with Crippen LogP contribution in [0.5, 0.6) is 0 Å². The van der Waals surface area contributed by atoms with Gasteiger partial charge in [0, 0.05) is 13.1 Å². The Morgan fingerprint density at radius 3 is 2.18 bits per heavy atom. The van der Waals surface area contributed by atoms with Crippen molar-refractivity contribution in [1.29, 1.82) is 0 Å². The average molecular weight is 316 g/mol. The van der Waals surface area contributed by atoms with Crippen molar-refractivity contribution in [1.82, 2.24) is 0 Å². The van der Waals surface area contributed by atoms with E-state index in [2.05, 4.69) is 9.98 Å². The van der Waals surface area contributed by atoms with Gasteiger partial charge in [-0.2, -0.15) is 18.2 Å². The summed E-state index contributed by atoms with van der Waals surface area (Å²) in [4.78, 5) is 9.26. The second-order valence-electron chi connectivity index (χ2n) is 4.38. The van der Waals surface area contributed by atoms with Crippen LogP contribution in [0.25, 0.3) is 0 Å². The molecule has 22 heavy (non-hydrogen) atoms. The van der Waals surface area contributed by atoms with Gasteiger partial charge >= 0.3 is 6.18 Å². The maximum absolute atomic E-state index is 12.9. The highest BCUT2D eigenvalue weighted by atomic mass is 19.4. The Hall–Kier alpha value is -2.45. The molecule has 0 heterocycles. The number of alkyl halides is 3. The molecule has 0 aliphatic rings. The van der Waals surface area contributed by atoms with Crippen molar-refractivity contribution < 1.29 is 13.2 Å². The van der Waals surface area contributed by atoms with Crippen molar-refractivity contribution in [3.8, 4) is 0 Å². The number of guanidine groups is 2. The predicted molar refractivity (Wildman–Crippen MR) is 82.1 cm³/mol. The molecule has 122 valence electrons.